The minimum Gasteiger partial charge on any atom is -0.466 e. The fraction of sp³-hybridized carbons (Fsp3) is 0.781. The van der Waals surface area contributed by atoms with Gasteiger partial charge in [0.05, 0.1) is 32.0 Å². The highest BCUT2D eigenvalue weighted by molar-refractivity contribution is 5.76. The van der Waals surface area contributed by atoms with Gasteiger partial charge < -0.3 is 45.1 Å². The first kappa shape index (κ1) is 70.1. The number of esters is 1. The fourth-order valence-corrected chi connectivity index (χ4v) is 9.20. The van der Waals surface area contributed by atoms with Crippen molar-refractivity contribution in [3.05, 3.63) is 72.9 Å². The van der Waals surface area contributed by atoms with Gasteiger partial charge in [0.25, 0.3) is 0 Å². The van der Waals surface area contributed by atoms with E-state index in [0.29, 0.717) is 25.9 Å². The molecule has 1 rings (SSSR count). The van der Waals surface area contributed by atoms with Crippen molar-refractivity contribution in [1.29, 1.82) is 0 Å². The Bertz CT molecular complexity index is 1470. The number of nitrogens with one attached hydrogen (secondary N) is 1. The normalized spacial score (nSPS) is 19.3. The first-order valence-electron chi connectivity index (χ1n) is 30.7. The molecule has 1 saturated heterocycles. The third-order valence-corrected chi connectivity index (χ3v) is 14.1. The number of unbranched alkanes of at least 4 members (excludes halogenated alkanes) is 29. The van der Waals surface area contributed by atoms with E-state index < -0.39 is 49.5 Å². The van der Waals surface area contributed by atoms with Crippen LogP contribution in [0.5, 0.6) is 0 Å². The van der Waals surface area contributed by atoms with Crippen LogP contribution >= 0.6 is 0 Å². The van der Waals surface area contributed by atoms with Crippen molar-refractivity contribution in [1.82, 2.24) is 5.32 Å². The predicted octanol–water partition coefficient (Wildman–Crippen LogP) is 14.4. The molecule has 1 fully saturated rings. The summed E-state index contributed by atoms with van der Waals surface area (Å²) >= 11 is 0. The monoisotopic (exact) mass is 1060 g/mol. The molecule has 11 heteroatoms. The SMILES string of the molecule is C/C=C/CC/C=C/CC/C=C/C(O)C(COC1OC(CO)C(O)C(O)C1O)NC(=O)CCCCCCCCCCC/C=C\C/C=C\CCCCCCCCCCCOC(=O)CCCCCCC/C=C\CCCCCC. The second-order valence-electron chi connectivity index (χ2n) is 21.0. The van der Waals surface area contributed by atoms with E-state index in [1.54, 1.807) is 6.08 Å². The fourth-order valence-electron chi connectivity index (χ4n) is 9.20. The number of hydrogen-bond donors (Lipinski definition) is 6. The van der Waals surface area contributed by atoms with Gasteiger partial charge in [0.1, 0.15) is 24.4 Å². The van der Waals surface area contributed by atoms with Crippen LogP contribution in [0.4, 0.5) is 0 Å². The molecule has 1 heterocycles. The Labute approximate surface area is 458 Å². The maximum atomic E-state index is 13.0. The van der Waals surface area contributed by atoms with Gasteiger partial charge in [-0.2, -0.15) is 0 Å². The zero-order valence-corrected chi connectivity index (χ0v) is 47.7. The van der Waals surface area contributed by atoms with E-state index in [1.165, 1.54) is 141 Å². The van der Waals surface area contributed by atoms with Crippen molar-refractivity contribution in [2.24, 2.45) is 0 Å². The number of rotatable bonds is 52. The molecular weight excluding hydrogens is 943 g/mol. The molecule has 1 amide bonds. The quantitative estimate of drug-likeness (QED) is 0.0195. The summed E-state index contributed by atoms with van der Waals surface area (Å²) in [5.74, 6) is -0.220. The maximum Gasteiger partial charge on any atom is 0.305 e. The van der Waals surface area contributed by atoms with Crippen LogP contribution in [-0.4, -0.2) is 100 Å². The highest BCUT2D eigenvalue weighted by atomic mass is 16.7. The Kier molecular flexibility index (Phi) is 49.7. The zero-order valence-electron chi connectivity index (χ0n) is 47.7. The molecule has 1 aliphatic heterocycles. The van der Waals surface area contributed by atoms with Crippen LogP contribution in [0.25, 0.3) is 0 Å². The Morgan fingerprint density at radius 1 is 0.520 bits per heavy atom. The summed E-state index contributed by atoms with van der Waals surface area (Å²) < 4.78 is 16.6. The van der Waals surface area contributed by atoms with Crippen LogP contribution in [0.3, 0.4) is 0 Å². The Morgan fingerprint density at radius 3 is 1.48 bits per heavy atom. The zero-order chi connectivity index (χ0) is 54.5. The molecule has 434 valence electrons. The number of amides is 1. The van der Waals surface area contributed by atoms with E-state index in [-0.39, 0.29) is 18.5 Å². The standard InChI is InChI=1S/C64H113NO10/c1-3-5-7-9-11-13-14-28-32-36-40-44-48-52-60(69)73-53-49-45-41-37-33-30-27-25-23-21-19-17-15-16-18-20-22-24-26-29-31-35-39-43-47-51-59(68)65-56(57(67)50-46-42-38-34-12-10-8-6-4-2)55-74-64-63(72)62(71)61(70)58(54-66)75-64/h4,6,12-14,16-19,34,46,50,56-58,61-64,66-67,70-72H,3,5,7-11,15,20-33,35-45,47-49,51-55H2,1-2H3,(H,65,68)/b6-4+,14-13-,18-16-,19-17-,34-12+,50-46+. The van der Waals surface area contributed by atoms with Crippen LogP contribution < -0.4 is 5.32 Å². The summed E-state index contributed by atoms with van der Waals surface area (Å²) in [7, 11) is 0. The average molecular weight is 1060 g/mol. The van der Waals surface area contributed by atoms with E-state index in [2.05, 4.69) is 66.9 Å². The van der Waals surface area contributed by atoms with Gasteiger partial charge in [-0.05, 0) is 110 Å². The van der Waals surface area contributed by atoms with Gasteiger partial charge in [-0.3, -0.25) is 9.59 Å². The second-order valence-corrected chi connectivity index (χ2v) is 21.0. The molecule has 0 spiro atoms. The van der Waals surface area contributed by atoms with Crippen LogP contribution in [0.1, 0.15) is 258 Å². The van der Waals surface area contributed by atoms with Gasteiger partial charge in [0, 0.05) is 12.8 Å². The van der Waals surface area contributed by atoms with Crippen molar-refractivity contribution >= 4 is 11.9 Å². The third kappa shape index (κ3) is 42.8. The lowest BCUT2D eigenvalue weighted by molar-refractivity contribution is -0.302. The number of allylic oxidation sites excluding steroid dienone is 11. The molecule has 6 N–H and O–H groups in total. The van der Waals surface area contributed by atoms with Gasteiger partial charge >= 0.3 is 5.97 Å². The molecule has 0 aromatic rings. The van der Waals surface area contributed by atoms with Crippen molar-refractivity contribution in [2.45, 2.75) is 301 Å². The molecule has 0 aliphatic carbocycles. The lowest BCUT2D eigenvalue weighted by Crippen LogP contribution is -2.60. The molecule has 0 saturated carbocycles. The topological polar surface area (TPSA) is 175 Å². The average Bonchev–Trinajstić information content (AvgIpc) is 3.41. The van der Waals surface area contributed by atoms with Crippen LogP contribution in [0, 0.1) is 0 Å². The molecule has 0 radical (unpaired) electrons. The van der Waals surface area contributed by atoms with Gasteiger partial charge in [0.15, 0.2) is 6.29 Å². The minimum absolute atomic E-state index is 0.0126. The maximum absolute atomic E-state index is 13.0. The first-order valence-corrected chi connectivity index (χ1v) is 30.7. The first-order chi connectivity index (χ1) is 36.7. The summed E-state index contributed by atoms with van der Waals surface area (Å²) in [6.45, 7) is 4.05. The summed E-state index contributed by atoms with van der Waals surface area (Å²) in [5, 5.41) is 54.1. The third-order valence-electron chi connectivity index (χ3n) is 14.1. The van der Waals surface area contributed by atoms with Crippen molar-refractivity contribution in [3.63, 3.8) is 0 Å². The van der Waals surface area contributed by atoms with Gasteiger partial charge in [0.2, 0.25) is 5.91 Å². The molecule has 0 bridgehead atoms. The highest BCUT2D eigenvalue weighted by Gasteiger charge is 2.44. The van der Waals surface area contributed by atoms with Gasteiger partial charge in [-0.25, -0.2) is 0 Å². The van der Waals surface area contributed by atoms with Crippen LogP contribution in [0.2, 0.25) is 0 Å². The van der Waals surface area contributed by atoms with Gasteiger partial charge in [-0.15, -0.1) is 0 Å². The molecule has 11 nitrogen and oxygen atoms in total. The number of aliphatic hydroxyl groups is 5. The number of ether oxygens (including phenoxy) is 3. The molecule has 0 aromatic heterocycles. The van der Waals surface area contributed by atoms with E-state index in [4.69, 9.17) is 14.2 Å². The summed E-state index contributed by atoms with van der Waals surface area (Å²) in [4.78, 5) is 25.0. The number of hydrogen-bond acceptors (Lipinski definition) is 10. The summed E-state index contributed by atoms with van der Waals surface area (Å²) in [6, 6.07) is -0.839. The molecule has 7 unspecified atom stereocenters. The van der Waals surface area contributed by atoms with Gasteiger partial charge in [-0.1, -0.05) is 208 Å². The van der Waals surface area contributed by atoms with Crippen molar-refractivity contribution < 1.29 is 49.3 Å². The molecule has 75 heavy (non-hydrogen) atoms. The molecular formula is C64H113NO10. The molecule has 7 atom stereocenters. The number of aliphatic hydroxyl groups excluding tert-OH is 5. The summed E-state index contributed by atoms with van der Waals surface area (Å²) in [5.41, 5.74) is 0. The van der Waals surface area contributed by atoms with E-state index in [1.807, 2.05) is 19.1 Å². The molecule has 0 aromatic carbocycles. The highest BCUT2D eigenvalue weighted by Crippen LogP contribution is 2.23. The number of carbonyl (C=O) groups excluding carboxylic acids is 2. The number of carbonyl (C=O) groups is 2. The van der Waals surface area contributed by atoms with E-state index >= 15 is 0 Å². The van der Waals surface area contributed by atoms with Crippen LogP contribution in [0.15, 0.2) is 72.9 Å². The smallest absolute Gasteiger partial charge is 0.305 e. The second kappa shape index (κ2) is 53.1. The minimum atomic E-state index is -1.58. The summed E-state index contributed by atoms with van der Waals surface area (Å²) in [6.07, 6.45) is 60.4. The van der Waals surface area contributed by atoms with E-state index in [0.717, 1.165) is 83.5 Å². The van der Waals surface area contributed by atoms with E-state index in [9.17, 15) is 35.1 Å². The van der Waals surface area contributed by atoms with Crippen molar-refractivity contribution in [3.8, 4) is 0 Å². The largest absolute Gasteiger partial charge is 0.466 e. The Balaban J connectivity index is 2.01. The molecule has 1 aliphatic rings. The predicted molar refractivity (Wildman–Crippen MR) is 310 cm³/mol. The Morgan fingerprint density at radius 2 is 0.960 bits per heavy atom. The van der Waals surface area contributed by atoms with Crippen LogP contribution in [-0.2, 0) is 23.8 Å². The Hall–Kier alpha value is -2.90. The lowest BCUT2D eigenvalue weighted by atomic mass is 9.99. The van der Waals surface area contributed by atoms with Crippen molar-refractivity contribution in [2.75, 3.05) is 19.8 Å². The lowest BCUT2D eigenvalue weighted by Gasteiger charge is -2.40.